The zero-order chi connectivity index (χ0) is 15.4. The summed E-state index contributed by atoms with van der Waals surface area (Å²) in [5, 5.41) is 0. The van der Waals surface area contributed by atoms with Crippen molar-refractivity contribution in [3.63, 3.8) is 0 Å². The summed E-state index contributed by atoms with van der Waals surface area (Å²) in [5.74, 6) is 5.53. The lowest BCUT2D eigenvalue weighted by Gasteiger charge is -2.33. The Morgan fingerprint density at radius 1 is 1.20 bits per heavy atom. The lowest BCUT2D eigenvalue weighted by Crippen LogP contribution is -2.52. The van der Waals surface area contributed by atoms with Crippen LogP contribution in [0.3, 0.4) is 0 Å². The maximum Gasteiger partial charge on any atom is 0.416 e. The minimum atomic E-state index is -4.31. The summed E-state index contributed by atoms with van der Waals surface area (Å²) in [7, 11) is 0. The smallest absolute Gasteiger partial charge is 0.374 e. The van der Waals surface area contributed by atoms with E-state index in [1.165, 1.54) is 12.1 Å². The molecule has 1 unspecified atom stereocenters. The highest BCUT2D eigenvalue weighted by Gasteiger charge is 2.31. The highest BCUT2D eigenvalue weighted by atomic mass is 19.4. The van der Waals surface area contributed by atoms with Crippen LogP contribution < -0.4 is 11.3 Å². The number of rotatable bonds is 6. The highest BCUT2D eigenvalue weighted by molar-refractivity contribution is 5.25. The van der Waals surface area contributed by atoms with E-state index < -0.39 is 17.3 Å². The van der Waals surface area contributed by atoms with E-state index in [2.05, 4.69) is 5.43 Å². The van der Waals surface area contributed by atoms with E-state index in [9.17, 15) is 13.2 Å². The zero-order valence-corrected chi connectivity index (χ0v) is 11.9. The number of benzene rings is 1. The Balaban J connectivity index is 2.81. The van der Waals surface area contributed by atoms with Crippen molar-refractivity contribution < 1.29 is 17.9 Å². The molecule has 0 aliphatic heterocycles. The highest BCUT2D eigenvalue weighted by Crippen LogP contribution is 2.29. The molecule has 0 aliphatic rings. The molecule has 3 N–H and O–H groups in total. The third-order valence-electron chi connectivity index (χ3n) is 3.28. The van der Waals surface area contributed by atoms with Crippen molar-refractivity contribution in [1.29, 1.82) is 0 Å². The molecule has 1 rings (SSSR count). The van der Waals surface area contributed by atoms with Gasteiger partial charge in [0, 0.05) is 6.61 Å². The number of nitrogens with two attached hydrogens (primary N) is 1. The predicted octanol–water partition coefficient (Wildman–Crippen LogP) is 2.89. The Bertz CT molecular complexity index is 415. The Hall–Kier alpha value is -1.11. The second kappa shape index (κ2) is 6.56. The number of alkyl halides is 3. The van der Waals surface area contributed by atoms with E-state index in [1.54, 1.807) is 0 Å². The summed E-state index contributed by atoms with van der Waals surface area (Å²) in [6, 6.07) is 4.90. The summed E-state index contributed by atoms with van der Waals surface area (Å²) in [6.45, 7) is 6.21. The molecule has 1 aromatic carbocycles. The Labute approximate surface area is 117 Å². The van der Waals surface area contributed by atoms with Crippen molar-refractivity contribution in [2.75, 3.05) is 6.61 Å². The van der Waals surface area contributed by atoms with Crippen molar-refractivity contribution in [1.82, 2.24) is 5.43 Å². The molecule has 1 atom stereocenters. The van der Waals surface area contributed by atoms with Gasteiger partial charge < -0.3 is 4.74 Å². The van der Waals surface area contributed by atoms with E-state index in [-0.39, 0.29) is 6.04 Å². The van der Waals surface area contributed by atoms with E-state index >= 15 is 0 Å². The Kier molecular flexibility index (Phi) is 5.56. The van der Waals surface area contributed by atoms with Crippen molar-refractivity contribution in [3.05, 3.63) is 35.4 Å². The van der Waals surface area contributed by atoms with Gasteiger partial charge in [-0.25, -0.2) is 0 Å². The molecule has 0 bridgehead atoms. The molecule has 0 spiro atoms. The van der Waals surface area contributed by atoms with E-state index in [4.69, 9.17) is 10.6 Å². The lowest BCUT2D eigenvalue weighted by molar-refractivity contribution is -0.137. The Morgan fingerprint density at radius 3 is 2.15 bits per heavy atom. The minimum Gasteiger partial charge on any atom is -0.374 e. The van der Waals surface area contributed by atoms with Crippen LogP contribution in [0.15, 0.2) is 24.3 Å². The van der Waals surface area contributed by atoms with Gasteiger partial charge in [0.25, 0.3) is 0 Å². The number of hydrogen-bond donors (Lipinski definition) is 2. The van der Waals surface area contributed by atoms with Crippen LogP contribution >= 0.6 is 0 Å². The summed E-state index contributed by atoms with van der Waals surface area (Å²) >= 11 is 0. The third-order valence-corrected chi connectivity index (χ3v) is 3.28. The van der Waals surface area contributed by atoms with Crippen LogP contribution in [0.1, 0.15) is 31.9 Å². The van der Waals surface area contributed by atoms with E-state index in [0.29, 0.717) is 13.0 Å². The van der Waals surface area contributed by atoms with Crippen molar-refractivity contribution in [2.24, 2.45) is 5.84 Å². The zero-order valence-electron chi connectivity index (χ0n) is 11.9. The molecule has 0 heterocycles. The number of hydrogen-bond acceptors (Lipinski definition) is 3. The van der Waals surface area contributed by atoms with Crippen LogP contribution in [-0.4, -0.2) is 18.2 Å². The van der Waals surface area contributed by atoms with Gasteiger partial charge in [0.15, 0.2) is 0 Å². The van der Waals surface area contributed by atoms with Crippen LogP contribution in [0.2, 0.25) is 0 Å². The van der Waals surface area contributed by atoms with Gasteiger partial charge in [-0.15, -0.1) is 0 Å². The standard InChI is InChI=1S/C14H21F3N2O/c1-4-20-13(2,3)12(19-18)9-10-5-7-11(8-6-10)14(15,16)17/h5-8,12,19H,4,9,18H2,1-3H3. The molecular formula is C14H21F3N2O. The lowest BCUT2D eigenvalue weighted by atomic mass is 9.92. The molecule has 1 aromatic rings. The summed E-state index contributed by atoms with van der Waals surface area (Å²) < 4.78 is 43.1. The van der Waals surface area contributed by atoms with Gasteiger partial charge in [0.2, 0.25) is 0 Å². The molecule has 3 nitrogen and oxygen atoms in total. The van der Waals surface area contributed by atoms with Gasteiger partial charge >= 0.3 is 6.18 Å². The molecule has 0 saturated carbocycles. The van der Waals surface area contributed by atoms with E-state index in [0.717, 1.165) is 17.7 Å². The number of hydrazine groups is 1. The average molecular weight is 290 g/mol. The SMILES string of the molecule is CCOC(C)(C)C(Cc1ccc(C(F)(F)F)cc1)NN. The molecule has 114 valence electrons. The maximum atomic E-state index is 12.5. The molecule has 0 fully saturated rings. The fraction of sp³-hybridized carbons (Fsp3) is 0.571. The first-order chi connectivity index (χ1) is 9.20. The first kappa shape index (κ1) is 16.9. The summed E-state index contributed by atoms with van der Waals surface area (Å²) in [5.41, 5.74) is 2.29. The topological polar surface area (TPSA) is 47.3 Å². The Morgan fingerprint density at radius 2 is 1.75 bits per heavy atom. The van der Waals surface area contributed by atoms with E-state index in [1.807, 2.05) is 20.8 Å². The second-order valence-electron chi connectivity index (χ2n) is 5.15. The van der Waals surface area contributed by atoms with Gasteiger partial charge in [-0.05, 0) is 44.9 Å². The first-order valence-corrected chi connectivity index (χ1v) is 6.47. The van der Waals surface area contributed by atoms with Crippen molar-refractivity contribution in [3.8, 4) is 0 Å². The first-order valence-electron chi connectivity index (χ1n) is 6.47. The molecule has 6 heteroatoms. The van der Waals surface area contributed by atoms with Crippen LogP contribution in [0.4, 0.5) is 13.2 Å². The van der Waals surface area contributed by atoms with Gasteiger partial charge in [-0.2, -0.15) is 13.2 Å². The summed E-state index contributed by atoms with van der Waals surface area (Å²) in [6.07, 6.45) is -3.82. The fourth-order valence-electron chi connectivity index (χ4n) is 2.04. The summed E-state index contributed by atoms with van der Waals surface area (Å²) in [4.78, 5) is 0. The average Bonchev–Trinajstić information content (AvgIpc) is 2.35. The molecular weight excluding hydrogens is 269 g/mol. The van der Waals surface area contributed by atoms with Gasteiger partial charge in [-0.1, -0.05) is 12.1 Å². The van der Waals surface area contributed by atoms with Crippen molar-refractivity contribution in [2.45, 2.75) is 45.0 Å². The van der Waals surface area contributed by atoms with Gasteiger partial charge in [0.1, 0.15) is 0 Å². The van der Waals surface area contributed by atoms with Crippen LogP contribution in [0.5, 0.6) is 0 Å². The predicted molar refractivity (Wildman–Crippen MR) is 72.0 cm³/mol. The van der Waals surface area contributed by atoms with Crippen LogP contribution in [0.25, 0.3) is 0 Å². The minimum absolute atomic E-state index is 0.195. The largest absolute Gasteiger partial charge is 0.416 e. The van der Waals surface area contributed by atoms with Gasteiger partial charge in [-0.3, -0.25) is 11.3 Å². The maximum absolute atomic E-state index is 12.5. The van der Waals surface area contributed by atoms with Gasteiger partial charge in [0.05, 0.1) is 17.2 Å². The normalized spacial score (nSPS) is 14.3. The van der Waals surface area contributed by atoms with Crippen molar-refractivity contribution >= 4 is 0 Å². The molecule has 20 heavy (non-hydrogen) atoms. The number of ether oxygens (including phenoxy) is 1. The molecule has 0 amide bonds. The molecule has 0 aliphatic carbocycles. The van der Waals surface area contributed by atoms with Crippen LogP contribution in [-0.2, 0) is 17.3 Å². The molecule has 0 saturated heterocycles. The number of halogens is 3. The monoisotopic (exact) mass is 290 g/mol. The van der Waals surface area contributed by atoms with Crippen LogP contribution in [0, 0.1) is 0 Å². The second-order valence-corrected chi connectivity index (χ2v) is 5.15. The quantitative estimate of drug-likeness (QED) is 0.625. The molecule has 0 aromatic heterocycles. The third kappa shape index (κ3) is 4.47. The fourth-order valence-corrected chi connectivity index (χ4v) is 2.04. The number of nitrogens with one attached hydrogen (secondary N) is 1. The molecule has 0 radical (unpaired) electrons.